The molecule has 0 spiro atoms. The summed E-state index contributed by atoms with van der Waals surface area (Å²) in [6.45, 7) is 7.12. The summed E-state index contributed by atoms with van der Waals surface area (Å²) in [7, 11) is 1.63. The molecule has 7 nitrogen and oxygen atoms in total. The van der Waals surface area contributed by atoms with Gasteiger partial charge < -0.3 is 9.64 Å². The molecule has 32 heavy (non-hydrogen) atoms. The first-order valence-electron chi connectivity index (χ1n) is 11.1. The molecule has 1 aromatic rings. The summed E-state index contributed by atoms with van der Waals surface area (Å²) in [5, 5.41) is 9.72. The number of nitriles is 1. The Labute approximate surface area is 199 Å². The van der Waals surface area contributed by atoms with E-state index in [1.165, 1.54) is 18.2 Å². The largest absolute Gasteiger partial charge is 0.385 e. The molecule has 0 atom stereocenters. The van der Waals surface area contributed by atoms with Gasteiger partial charge in [0.2, 0.25) is 0 Å². The highest BCUT2D eigenvalue weighted by molar-refractivity contribution is 8.26. The summed E-state index contributed by atoms with van der Waals surface area (Å²) in [4.78, 5) is 30.6. The summed E-state index contributed by atoms with van der Waals surface area (Å²) < 4.78 is 7.34. The topological polar surface area (TPSA) is 78.6 Å². The van der Waals surface area contributed by atoms with Gasteiger partial charge in [-0.05, 0) is 50.7 Å². The molecule has 0 radical (unpaired) electrons. The minimum atomic E-state index is -0.253. The molecule has 0 aliphatic carbocycles. The average molecular weight is 475 g/mol. The van der Waals surface area contributed by atoms with Crippen molar-refractivity contribution in [3.05, 3.63) is 31.9 Å². The van der Waals surface area contributed by atoms with E-state index in [0.717, 1.165) is 43.7 Å². The lowest BCUT2D eigenvalue weighted by molar-refractivity contribution is -0.122. The van der Waals surface area contributed by atoms with Crippen LogP contribution in [0.3, 0.4) is 0 Å². The van der Waals surface area contributed by atoms with Gasteiger partial charge in [-0.15, -0.1) is 0 Å². The molecular formula is C23H30N4O3S2. The fourth-order valence-electron chi connectivity index (χ4n) is 4.21. The van der Waals surface area contributed by atoms with Gasteiger partial charge in [-0.2, -0.15) is 5.26 Å². The van der Waals surface area contributed by atoms with Gasteiger partial charge in [0.15, 0.2) is 0 Å². The molecule has 0 aromatic carbocycles. The van der Waals surface area contributed by atoms with Gasteiger partial charge in [0, 0.05) is 45.5 Å². The number of thioether (sulfide) groups is 1. The zero-order valence-corrected chi connectivity index (χ0v) is 20.6. The van der Waals surface area contributed by atoms with E-state index in [4.69, 9.17) is 17.0 Å². The van der Waals surface area contributed by atoms with Crippen molar-refractivity contribution in [3.63, 3.8) is 0 Å². The Morgan fingerprint density at radius 2 is 1.94 bits per heavy atom. The van der Waals surface area contributed by atoms with Gasteiger partial charge >= 0.3 is 0 Å². The highest BCUT2D eigenvalue weighted by Gasteiger charge is 2.33. The van der Waals surface area contributed by atoms with Crippen LogP contribution in [0.15, 0.2) is 9.70 Å². The summed E-state index contributed by atoms with van der Waals surface area (Å²) >= 11 is 6.73. The quantitative estimate of drug-likeness (QED) is 0.323. The maximum absolute atomic E-state index is 13.2. The Hall–Kier alpha value is -2.15. The van der Waals surface area contributed by atoms with Crippen molar-refractivity contribution in [2.45, 2.75) is 52.5 Å². The summed E-state index contributed by atoms with van der Waals surface area (Å²) in [6, 6.07) is 2.10. The smallest absolute Gasteiger partial charge is 0.270 e. The molecule has 1 amide bonds. The van der Waals surface area contributed by atoms with Crippen LogP contribution >= 0.6 is 24.0 Å². The first-order valence-corrected chi connectivity index (χ1v) is 12.3. The third-order valence-corrected chi connectivity index (χ3v) is 7.21. The molecule has 1 aromatic heterocycles. The normalized spacial score (nSPS) is 18.0. The maximum atomic E-state index is 13.2. The minimum absolute atomic E-state index is 0.133. The number of thiocarbonyl (C=S) groups is 1. The van der Waals surface area contributed by atoms with Crippen molar-refractivity contribution in [1.82, 2.24) is 9.47 Å². The van der Waals surface area contributed by atoms with E-state index < -0.39 is 0 Å². The second-order valence-corrected chi connectivity index (χ2v) is 9.71. The first kappa shape index (κ1) is 24.5. The molecule has 2 aliphatic heterocycles. The SMILES string of the molecule is CCCn1c(N2CCCCC2)c(/C=C2\SC(=S)N(CCCOC)C2=O)c(C)c(C#N)c1=O. The number of hydrogen-bond donors (Lipinski definition) is 0. The van der Waals surface area contributed by atoms with Crippen molar-refractivity contribution in [3.8, 4) is 6.07 Å². The number of piperidine rings is 1. The second-order valence-electron chi connectivity index (χ2n) is 8.03. The number of aromatic nitrogens is 1. The number of hydrogen-bond acceptors (Lipinski definition) is 7. The van der Waals surface area contributed by atoms with Crippen LogP contribution in [-0.2, 0) is 16.1 Å². The van der Waals surface area contributed by atoms with Crippen LogP contribution in [0.4, 0.5) is 5.82 Å². The zero-order chi connectivity index (χ0) is 23.3. The van der Waals surface area contributed by atoms with Crippen LogP contribution in [0.25, 0.3) is 6.08 Å². The predicted molar refractivity (Wildman–Crippen MR) is 133 cm³/mol. The lowest BCUT2D eigenvalue weighted by atomic mass is 10.0. The van der Waals surface area contributed by atoms with Crippen LogP contribution in [0.5, 0.6) is 0 Å². The predicted octanol–water partition coefficient (Wildman–Crippen LogP) is 3.67. The second kappa shape index (κ2) is 11.1. The fraction of sp³-hybridized carbons (Fsp3) is 0.565. The monoisotopic (exact) mass is 474 g/mol. The molecule has 3 heterocycles. The number of anilines is 1. The van der Waals surface area contributed by atoms with E-state index >= 15 is 0 Å². The van der Waals surface area contributed by atoms with Crippen molar-refractivity contribution >= 4 is 46.1 Å². The molecule has 2 aliphatic rings. The molecule has 9 heteroatoms. The molecule has 172 valence electrons. The van der Waals surface area contributed by atoms with E-state index in [1.807, 2.05) is 13.0 Å². The number of carbonyl (C=O) groups is 1. The highest BCUT2D eigenvalue weighted by Crippen LogP contribution is 2.36. The lowest BCUT2D eigenvalue weighted by Gasteiger charge is -2.33. The van der Waals surface area contributed by atoms with Crippen LogP contribution < -0.4 is 10.5 Å². The minimum Gasteiger partial charge on any atom is -0.385 e. The fourth-order valence-corrected chi connectivity index (χ4v) is 5.50. The molecule has 0 saturated carbocycles. The van der Waals surface area contributed by atoms with Crippen LogP contribution in [-0.4, -0.2) is 53.0 Å². The first-order chi connectivity index (χ1) is 15.4. The molecule has 2 saturated heterocycles. The number of amides is 1. The van der Waals surface area contributed by atoms with Gasteiger partial charge in [0.25, 0.3) is 11.5 Å². The third-order valence-electron chi connectivity index (χ3n) is 5.83. The number of carbonyl (C=O) groups excluding carboxylic acids is 1. The Morgan fingerprint density at radius 1 is 1.22 bits per heavy atom. The summed E-state index contributed by atoms with van der Waals surface area (Å²) in [5.41, 5.74) is 1.28. The number of methoxy groups -OCH3 is 1. The zero-order valence-electron chi connectivity index (χ0n) is 19.0. The number of nitrogens with zero attached hydrogens (tertiary/aromatic N) is 4. The van der Waals surface area contributed by atoms with Crippen molar-refractivity contribution in [2.75, 3.05) is 38.3 Å². The van der Waals surface area contributed by atoms with E-state index in [0.29, 0.717) is 40.9 Å². The number of pyridine rings is 1. The molecule has 2 fully saturated rings. The Morgan fingerprint density at radius 3 is 2.56 bits per heavy atom. The van der Waals surface area contributed by atoms with Gasteiger partial charge in [0.05, 0.1) is 4.91 Å². The lowest BCUT2D eigenvalue weighted by Crippen LogP contribution is -2.37. The Balaban J connectivity index is 2.13. The molecule has 0 bridgehead atoms. The van der Waals surface area contributed by atoms with Crippen molar-refractivity contribution in [2.24, 2.45) is 0 Å². The third kappa shape index (κ3) is 4.92. The summed E-state index contributed by atoms with van der Waals surface area (Å²) in [5.74, 6) is 0.685. The summed E-state index contributed by atoms with van der Waals surface area (Å²) in [6.07, 6.45) is 6.59. The van der Waals surface area contributed by atoms with E-state index in [2.05, 4.69) is 11.0 Å². The van der Waals surface area contributed by atoms with Crippen LogP contribution in [0.2, 0.25) is 0 Å². The van der Waals surface area contributed by atoms with Gasteiger partial charge in [-0.3, -0.25) is 19.1 Å². The van der Waals surface area contributed by atoms with Gasteiger partial charge in [-0.1, -0.05) is 30.9 Å². The molecular weight excluding hydrogens is 444 g/mol. The van der Waals surface area contributed by atoms with Crippen molar-refractivity contribution < 1.29 is 9.53 Å². The van der Waals surface area contributed by atoms with E-state index in [9.17, 15) is 14.9 Å². The molecule has 0 N–H and O–H groups in total. The van der Waals surface area contributed by atoms with Crippen molar-refractivity contribution in [1.29, 1.82) is 5.26 Å². The average Bonchev–Trinajstić information content (AvgIpc) is 3.05. The molecule has 0 unspecified atom stereocenters. The standard InChI is InChI=1S/C23H30N4O3S2/c1-4-9-26-20(25-10-6-5-7-11-25)17(16(2)18(15-24)21(26)28)14-19-22(29)27(23(31)32-19)12-8-13-30-3/h14H,4-13H2,1-3H3/b19-14-. The number of rotatable bonds is 8. The maximum Gasteiger partial charge on any atom is 0.270 e. The van der Waals surface area contributed by atoms with Gasteiger partial charge in [0.1, 0.15) is 21.8 Å². The molecule has 3 rings (SSSR count). The Kier molecular flexibility index (Phi) is 8.51. The van der Waals surface area contributed by atoms with E-state index in [1.54, 1.807) is 23.5 Å². The Bertz CT molecular complexity index is 1020. The van der Waals surface area contributed by atoms with E-state index in [-0.39, 0.29) is 17.0 Å². The van der Waals surface area contributed by atoms with Gasteiger partial charge in [-0.25, -0.2) is 0 Å². The number of ether oxygens (including phenoxy) is 1. The van der Waals surface area contributed by atoms with Crippen LogP contribution in [0.1, 0.15) is 55.7 Å². The van der Waals surface area contributed by atoms with Crippen LogP contribution in [0, 0.1) is 18.3 Å². The highest BCUT2D eigenvalue weighted by atomic mass is 32.2.